The largest absolute Gasteiger partial charge is 0.488 e. The molecule has 1 rings (SSSR count). The van der Waals surface area contributed by atoms with Crippen LogP contribution < -0.4 is 5.46 Å². The van der Waals surface area contributed by atoms with Crippen LogP contribution in [-0.4, -0.2) is 35.2 Å². The third kappa shape index (κ3) is 4.40. The SMILES string of the molecule is CCN(Cc1ccc(B(O)O)cc1F)CC(C)C. The first-order valence-electron chi connectivity index (χ1n) is 6.30. The monoisotopic (exact) mass is 253 g/mol. The molecule has 0 heterocycles. The molecule has 0 aliphatic heterocycles. The predicted octanol–water partition coefficient (Wildman–Crippen LogP) is 0.983. The topological polar surface area (TPSA) is 43.7 Å². The van der Waals surface area contributed by atoms with Gasteiger partial charge in [0.15, 0.2) is 0 Å². The van der Waals surface area contributed by atoms with Gasteiger partial charge in [0.1, 0.15) is 5.82 Å². The summed E-state index contributed by atoms with van der Waals surface area (Å²) in [5.74, 6) is 0.148. The summed E-state index contributed by atoms with van der Waals surface area (Å²) in [6, 6.07) is 4.35. The van der Waals surface area contributed by atoms with Crippen LogP contribution in [-0.2, 0) is 6.54 Å². The zero-order chi connectivity index (χ0) is 13.7. The lowest BCUT2D eigenvalue weighted by Gasteiger charge is -2.22. The lowest BCUT2D eigenvalue weighted by Crippen LogP contribution is -2.31. The zero-order valence-electron chi connectivity index (χ0n) is 11.2. The zero-order valence-corrected chi connectivity index (χ0v) is 11.2. The maximum atomic E-state index is 13.8. The van der Waals surface area contributed by atoms with Gasteiger partial charge in [-0.15, -0.1) is 0 Å². The molecule has 5 heteroatoms. The van der Waals surface area contributed by atoms with Crippen LogP contribution in [0.15, 0.2) is 18.2 Å². The number of hydrogen-bond donors (Lipinski definition) is 2. The maximum absolute atomic E-state index is 13.8. The molecule has 0 spiro atoms. The van der Waals surface area contributed by atoms with Gasteiger partial charge in [-0.25, -0.2) is 4.39 Å². The van der Waals surface area contributed by atoms with Crippen molar-refractivity contribution in [3.05, 3.63) is 29.6 Å². The Hall–Kier alpha value is -0.905. The first-order valence-corrected chi connectivity index (χ1v) is 6.30. The summed E-state index contributed by atoms with van der Waals surface area (Å²) in [5.41, 5.74) is 0.769. The van der Waals surface area contributed by atoms with Crippen molar-refractivity contribution in [3.8, 4) is 0 Å². The van der Waals surface area contributed by atoms with E-state index in [0.717, 1.165) is 13.1 Å². The Morgan fingerprint density at radius 1 is 1.33 bits per heavy atom. The number of halogens is 1. The fraction of sp³-hybridized carbons (Fsp3) is 0.538. The summed E-state index contributed by atoms with van der Waals surface area (Å²) in [6.45, 7) is 8.63. The van der Waals surface area contributed by atoms with Crippen molar-refractivity contribution in [1.82, 2.24) is 4.90 Å². The molecule has 0 saturated carbocycles. The lowest BCUT2D eigenvalue weighted by atomic mass is 9.80. The average molecular weight is 253 g/mol. The quantitative estimate of drug-likeness (QED) is 0.743. The number of benzene rings is 1. The van der Waals surface area contributed by atoms with Crippen molar-refractivity contribution in [2.45, 2.75) is 27.3 Å². The highest BCUT2D eigenvalue weighted by Gasteiger charge is 2.15. The molecule has 0 atom stereocenters. The van der Waals surface area contributed by atoms with E-state index in [2.05, 4.69) is 18.7 Å². The molecule has 0 bridgehead atoms. The average Bonchev–Trinajstić information content (AvgIpc) is 2.29. The molecule has 0 fully saturated rings. The molecule has 0 amide bonds. The molecule has 3 nitrogen and oxygen atoms in total. The number of nitrogens with zero attached hydrogens (tertiary/aromatic N) is 1. The molecule has 0 saturated heterocycles. The van der Waals surface area contributed by atoms with Gasteiger partial charge in [-0.3, -0.25) is 4.90 Å². The Balaban J connectivity index is 2.77. The smallest absolute Gasteiger partial charge is 0.423 e. The van der Waals surface area contributed by atoms with Crippen molar-refractivity contribution in [2.24, 2.45) is 5.92 Å². The summed E-state index contributed by atoms with van der Waals surface area (Å²) >= 11 is 0. The van der Waals surface area contributed by atoms with Gasteiger partial charge in [0.25, 0.3) is 0 Å². The van der Waals surface area contributed by atoms with Gasteiger partial charge in [-0.1, -0.05) is 32.9 Å². The fourth-order valence-electron chi connectivity index (χ4n) is 1.92. The van der Waals surface area contributed by atoms with Gasteiger partial charge in [0, 0.05) is 18.7 Å². The van der Waals surface area contributed by atoms with Gasteiger partial charge in [0.2, 0.25) is 0 Å². The van der Waals surface area contributed by atoms with Crippen LogP contribution in [0.2, 0.25) is 0 Å². The highest BCUT2D eigenvalue weighted by atomic mass is 19.1. The van der Waals surface area contributed by atoms with E-state index in [-0.39, 0.29) is 11.3 Å². The van der Waals surface area contributed by atoms with Crippen molar-refractivity contribution >= 4 is 12.6 Å². The molecule has 100 valence electrons. The Labute approximate surface area is 108 Å². The number of hydrogen-bond acceptors (Lipinski definition) is 3. The van der Waals surface area contributed by atoms with Crippen LogP contribution in [0.4, 0.5) is 4.39 Å². The summed E-state index contributed by atoms with van der Waals surface area (Å²) in [5, 5.41) is 17.9. The van der Waals surface area contributed by atoms with E-state index in [1.807, 2.05) is 6.92 Å². The van der Waals surface area contributed by atoms with Crippen molar-refractivity contribution in [2.75, 3.05) is 13.1 Å². The van der Waals surface area contributed by atoms with E-state index in [0.29, 0.717) is 18.0 Å². The second-order valence-corrected chi connectivity index (χ2v) is 4.95. The molecule has 1 aromatic rings. The fourth-order valence-corrected chi connectivity index (χ4v) is 1.92. The minimum Gasteiger partial charge on any atom is -0.423 e. The molecule has 2 N–H and O–H groups in total. The minimum absolute atomic E-state index is 0.183. The Morgan fingerprint density at radius 2 is 2.00 bits per heavy atom. The summed E-state index contributed by atoms with van der Waals surface area (Å²) in [4.78, 5) is 2.16. The lowest BCUT2D eigenvalue weighted by molar-refractivity contribution is 0.245. The molecule has 0 radical (unpaired) electrons. The standard InChI is InChI=1S/C13H21BFNO2/c1-4-16(8-10(2)3)9-11-5-6-12(14(17)18)7-13(11)15/h5-7,10,17-18H,4,8-9H2,1-3H3. The molecule has 0 aromatic heterocycles. The normalized spacial score (nSPS) is 11.3. The first kappa shape index (κ1) is 15.2. The van der Waals surface area contributed by atoms with E-state index in [1.165, 1.54) is 6.07 Å². The van der Waals surface area contributed by atoms with E-state index in [1.54, 1.807) is 12.1 Å². The maximum Gasteiger partial charge on any atom is 0.488 e. The molecule has 18 heavy (non-hydrogen) atoms. The van der Waals surface area contributed by atoms with E-state index in [4.69, 9.17) is 10.0 Å². The molecule has 0 unspecified atom stereocenters. The van der Waals surface area contributed by atoms with Gasteiger partial charge < -0.3 is 10.0 Å². The van der Waals surface area contributed by atoms with Gasteiger partial charge in [0.05, 0.1) is 0 Å². The Kier molecular flexibility index (Phi) is 5.79. The summed E-state index contributed by atoms with van der Waals surface area (Å²) in [7, 11) is -1.62. The molecule has 0 aliphatic rings. The Morgan fingerprint density at radius 3 is 2.44 bits per heavy atom. The van der Waals surface area contributed by atoms with Crippen molar-refractivity contribution in [3.63, 3.8) is 0 Å². The second kappa shape index (κ2) is 6.88. The Bertz CT molecular complexity index is 385. The minimum atomic E-state index is -1.62. The highest BCUT2D eigenvalue weighted by Crippen LogP contribution is 2.10. The summed E-state index contributed by atoms with van der Waals surface area (Å²) < 4.78 is 13.8. The third-order valence-electron chi connectivity index (χ3n) is 2.84. The van der Waals surface area contributed by atoms with E-state index < -0.39 is 7.12 Å². The highest BCUT2D eigenvalue weighted by molar-refractivity contribution is 6.58. The van der Waals surface area contributed by atoms with Gasteiger partial charge in [-0.2, -0.15) is 0 Å². The molecule has 1 aromatic carbocycles. The van der Waals surface area contributed by atoms with Crippen LogP contribution in [0.3, 0.4) is 0 Å². The second-order valence-electron chi connectivity index (χ2n) is 4.95. The van der Waals surface area contributed by atoms with E-state index in [9.17, 15) is 4.39 Å². The van der Waals surface area contributed by atoms with Crippen LogP contribution in [0.5, 0.6) is 0 Å². The van der Waals surface area contributed by atoms with Crippen molar-refractivity contribution < 1.29 is 14.4 Å². The van der Waals surface area contributed by atoms with Gasteiger partial charge in [-0.05, 0) is 24.0 Å². The summed E-state index contributed by atoms with van der Waals surface area (Å²) in [6.07, 6.45) is 0. The van der Waals surface area contributed by atoms with E-state index >= 15 is 0 Å². The van der Waals surface area contributed by atoms with Gasteiger partial charge >= 0.3 is 7.12 Å². The van der Waals surface area contributed by atoms with Crippen LogP contribution >= 0.6 is 0 Å². The molecule has 0 aliphatic carbocycles. The van der Waals surface area contributed by atoms with Crippen molar-refractivity contribution in [1.29, 1.82) is 0 Å². The molecular weight excluding hydrogens is 232 g/mol. The third-order valence-corrected chi connectivity index (χ3v) is 2.84. The molecular formula is C13H21BFNO2. The van der Waals surface area contributed by atoms with Crippen LogP contribution in [0.1, 0.15) is 26.3 Å². The van der Waals surface area contributed by atoms with Crippen LogP contribution in [0, 0.1) is 11.7 Å². The van der Waals surface area contributed by atoms with Crippen LogP contribution in [0.25, 0.3) is 0 Å². The first-order chi connectivity index (χ1) is 8.43. The number of rotatable bonds is 6. The predicted molar refractivity (Wildman–Crippen MR) is 72.0 cm³/mol.